The van der Waals surface area contributed by atoms with Crippen LogP contribution in [0, 0.1) is 5.92 Å². The van der Waals surface area contributed by atoms with Crippen LogP contribution in [-0.4, -0.2) is 34.8 Å². The van der Waals surface area contributed by atoms with Gasteiger partial charge in [-0.2, -0.15) is 0 Å². The van der Waals surface area contributed by atoms with Crippen LogP contribution in [0.15, 0.2) is 0 Å². The number of hydrogen-bond donors (Lipinski definition) is 1. The minimum atomic E-state index is -0.697. The van der Waals surface area contributed by atoms with Gasteiger partial charge in [0.25, 0.3) is 0 Å². The van der Waals surface area contributed by atoms with E-state index in [1.54, 1.807) is 18.7 Å². The van der Waals surface area contributed by atoms with Crippen LogP contribution in [0.3, 0.4) is 0 Å². The molecular weight excluding hydrogens is 192 g/mol. The summed E-state index contributed by atoms with van der Waals surface area (Å²) in [5.74, 6) is 0.442. The number of rotatable bonds is 2. The number of nitrogens with zero attached hydrogens (tertiary/aromatic N) is 1. The average molecular weight is 210 g/mol. The van der Waals surface area contributed by atoms with E-state index in [4.69, 9.17) is 0 Å². The number of carbonyl (C=O) groups is 2. The molecule has 1 aliphatic carbocycles. The largest absolute Gasteiger partial charge is 0.342 e. The first-order chi connectivity index (χ1) is 6.98. The molecule has 2 aliphatic rings. The maximum absolute atomic E-state index is 12.1. The highest BCUT2D eigenvalue weighted by atomic mass is 16.2. The number of carbonyl (C=O) groups excluding carboxylic acids is 2. The summed E-state index contributed by atoms with van der Waals surface area (Å²) >= 11 is 0. The van der Waals surface area contributed by atoms with Gasteiger partial charge < -0.3 is 10.2 Å². The van der Waals surface area contributed by atoms with Gasteiger partial charge in [0.15, 0.2) is 0 Å². The third-order valence-electron chi connectivity index (χ3n) is 3.46. The summed E-state index contributed by atoms with van der Waals surface area (Å²) in [5, 5.41) is 2.85. The zero-order valence-electron chi connectivity index (χ0n) is 9.54. The second-order valence-corrected chi connectivity index (χ2v) is 4.93. The van der Waals surface area contributed by atoms with Gasteiger partial charge in [0, 0.05) is 6.54 Å². The normalized spacial score (nSPS) is 30.3. The lowest BCUT2D eigenvalue weighted by molar-refractivity contribution is -0.155. The quantitative estimate of drug-likeness (QED) is 0.722. The molecule has 2 rings (SSSR count). The molecule has 4 heteroatoms. The Morgan fingerprint density at radius 1 is 1.40 bits per heavy atom. The Morgan fingerprint density at radius 2 is 2.00 bits per heavy atom. The molecule has 1 saturated heterocycles. The van der Waals surface area contributed by atoms with E-state index in [0.29, 0.717) is 12.5 Å². The number of likely N-dealkylation sites (N-methyl/N-ethyl adjacent to an activating group) is 1. The summed E-state index contributed by atoms with van der Waals surface area (Å²) < 4.78 is 0. The lowest BCUT2D eigenvalue weighted by Gasteiger charge is -2.44. The minimum Gasteiger partial charge on any atom is -0.342 e. The summed E-state index contributed by atoms with van der Waals surface area (Å²) in [5.41, 5.74) is -0.697. The molecule has 1 N–H and O–H groups in total. The van der Waals surface area contributed by atoms with Crippen molar-refractivity contribution in [3.63, 3.8) is 0 Å². The van der Waals surface area contributed by atoms with Crippen LogP contribution in [0.5, 0.6) is 0 Å². The van der Waals surface area contributed by atoms with Gasteiger partial charge in [-0.1, -0.05) is 0 Å². The van der Waals surface area contributed by atoms with Crippen molar-refractivity contribution in [1.82, 2.24) is 10.2 Å². The molecule has 84 valence electrons. The number of nitrogens with one attached hydrogen (secondary N) is 1. The molecule has 0 aromatic heterocycles. The highest BCUT2D eigenvalue weighted by Crippen LogP contribution is 2.36. The van der Waals surface area contributed by atoms with Gasteiger partial charge in [-0.15, -0.1) is 0 Å². The first kappa shape index (κ1) is 10.5. The standard InChI is InChI=1S/C11H18N2O2/c1-4-13-9(14)8(7-5-6-7)12-10(15)11(13,2)3/h7-8H,4-6H2,1-3H3,(H,12,15). The predicted molar refractivity (Wildman–Crippen MR) is 56.1 cm³/mol. The molecule has 2 amide bonds. The van der Waals surface area contributed by atoms with E-state index in [1.165, 1.54) is 0 Å². The first-order valence-corrected chi connectivity index (χ1v) is 5.61. The molecule has 0 aromatic carbocycles. The van der Waals surface area contributed by atoms with Gasteiger partial charge in [0.2, 0.25) is 11.8 Å². The summed E-state index contributed by atoms with van der Waals surface area (Å²) in [4.78, 5) is 25.7. The Kier molecular flexibility index (Phi) is 2.24. The van der Waals surface area contributed by atoms with Crippen molar-refractivity contribution in [2.75, 3.05) is 6.54 Å². The number of amides is 2. The van der Waals surface area contributed by atoms with E-state index in [1.807, 2.05) is 6.92 Å². The molecule has 0 radical (unpaired) electrons. The zero-order chi connectivity index (χ0) is 11.2. The minimum absolute atomic E-state index is 0.0270. The molecule has 1 saturated carbocycles. The number of piperazine rings is 1. The van der Waals surface area contributed by atoms with Gasteiger partial charge in [0.05, 0.1) is 0 Å². The van der Waals surface area contributed by atoms with Gasteiger partial charge >= 0.3 is 0 Å². The Balaban J connectivity index is 2.24. The van der Waals surface area contributed by atoms with Crippen molar-refractivity contribution in [1.29, 1.82) is 0 Å². The first-order valence-electron chi connectivity index (χ1n) is 5.61. The van der Waals surface area contributed by atoms with Gasteiger partial charge in [-0.05, 0) is 39.5 Å². The topological polar surface area (TPSA) is 49.4 Å². The molecular formula is C11H18N2O2. The SMILES string of the molecule is CCN1C(=O)C(C2CC2)NC(=O)C1(C)C. The van der Waals surface area contributed by atoms with Gasteiger partial charge in [-0.3, -0.25) is 9.59 Å². The van der Waals surface area contributed by atoms with Crippen molar-refractivity contribution in [3.05, 3.63) is 0 Å². The highest BCUT2D eigenvalue weighted by Gasteiger charge is 2.49. The molecule has 1 atom stereocenters. The van der Waals surface area contributed by atoms with Gasteiger partial charge in [-0.25, -0.2) is 0 Å². The Labute approximate surface area is 90.0 Å². The van der Waals surface area contributed by atoms with E-state index in [2.05, 4.69) is 5.32 Å². The lowest BCUT2D eigenvalue weighted by Crippen LogP contribution is -2.68. The summed E-state index contributed by atoms with van der Waals surface area (Å²) in [7, 11) is 0. The van der Waals surface area contributed by atoms with E-state index in [-0.39, 0.29) is 17.9 Å². The van der Waals surface area contributed by atoms with Crippen LogP contribution in [0.2, 0.25) is 0 Å². The molecule has 0 spiro atoms. The third-order valence-corrected chi connectivity index (χ3v) is 3.46. The van der Waals surface area contributed by atoms with Crippen molar-refractivity contribution >= 4 is 11.8 Å². The fourth-order valence-corrected chi connectivity index (χ4v) is 2.25. The zero-order valence-corrected chi connectivity index (χ0v) is 9.54. The van der Waals surface area contributed by atoms with E-state index < -0.39 is 5.54 Å². The second kappa shape index (κ2) is 3.22. The second-order valence-electron chi connectivity index (χ2n) is 4.93. The Hall–Kier alpha value is -1.06. The third kappa shape index (κ3) is 1.52. The van der Waals surface area contributed by atoms with Crippen molar-refractivity contribution < 1.29 is 9.59 Å². The molecule has 15 heavy (non-hydrogen) atoms. The Morgan fingerprint density at radius 3 is 2.47 bits per heavy atom. The average Bonchev–Trinajstić information content (AvgIpc) is 2.95. The monoisotopic (exact) mass is 210 g/mol. The maximum atomic E-state index is 12.1. The summed E-state index contributed by atoms with van der Waals surface area (Å²) in [6.07, 6.45) is 2.13. The predicted octanol–water partition coefficient (Wildman–Crippen LogP) is 0.522. The van der Waals surface area contributed by atoms with E-state index in [0.717, 1.165) is 12.8 Å². The van der Waals surface area contributed by atoms with Crippen molar-refractivity contribution in [2.24, 2.45) is 5.92 Å². The van der Waals surface area contributed by atoms with E-state index >= 15 is 0 Å². The van der Waals surface area contributed by atoms with Gasteiger partial charge in [0.1, 0.15) is 11.6 Å². The van der Waals surface area contributed by atoms with Crippen LogP contribution in [0.4, 0.5) is 0 Å². The van der Waals surface area contributed by atoms with Crippen LogP contribution >= 0.6 is 0 Å². The Bertz CT molecular complexity index is 308. The smallest absolute Gasteiger partial charge is 0.246 e. The fourth-order valence-electron chi connectivity index (χ4n) is 2.25. The van der Waals surface area contributed by atoms with Crippen LogP contribution < -0.4 is 5.32 Å². The lowest BCUT2D eigenvalue weighted by atomic mass is 9.94. The molecule has 1 unspecified atom stereocenters. The summed E-state index contributed by atoms with van der Waals surface area (Å²) in [6, 6.07) is -0.259. The molecule has 4 nitrogen and oxygen atoms in total. The summed E-state index contributed by atoms with van der Waals surface area (Å²) in [6.45, 7) is 6.12. The fraction of sp³-hybridized carbons (Fsp3) is 0.818. The van der Waals surface area contributed by atoms with Crippen molar-refractivity contribution in [3.8, 4) is 0 Å². The van der Waals surface area contributed by atoms with Crippen LogP contribution in [0.1, 0.15) is 33.6 Å². The van der Waals surface area contributed by atoms with Crippen LogP contribution in [0.25, 0.3) is 0 Å². The van der Waals surface area contributed by atoms with E-state index in [9.17, 15) is 9.59 Å². The molecule has 1 heterocycles. The molecule has 0 bridgehead atoms. The highest BCUT2D eigenvalue weighted by molar-refractivity contribution is 5.99. The number of hydrogen-bond acceptors (Lipinski definition) is 2. The molecule has 0 aromatic rings. The van der Waals surface area contributed by atoms with Crippen molar-refractivity contribution in [2.45, 2.75) is 45.2 Å². The maximum Gasteiger partial charge on any atom is 0.246 e. The van der Waals surface area contributed by atoms with Crippen LogP contribution in [-0.2, 0) is 9.59 Å². The molecule has 1 aliphatic heterocycles. The molecule has 2 fully saturated rings.